The standard InChI is InChI=1S/C42H49N5O7/c1-26(2)19-36(46-41(51)40(50)34(43)20-27-7-4-3-5-8-27)42(52)53-25-38(49)54-31-10-6-9-29(21-31)30-11-12-35-33(22-30)39-32(37(24-48)45-35)15-18-47(39)23-28-13-16-44-17-14-28/h3-14,16-17,21-22,26,32,34,36-37,39-40,45,48,50H,15,18-20,23-25,43H2,1-2H3,(H,46,51)/t32-,34-,36+,37-,39-,40+/m1/s1. The number of ether oxygens (including phenoxy) is 2. The molecular weight excluding hydrogens is 686 g/mol. The smallest absolute Gasteiger partial charge is 0.349 e. The second-order valence-electron chi connectivity index (χ2n) is 14.6. The van der Waals surface area contributed by atoms with E-state index in [-0.39, 0.29) is 49.1 Å². The fraction of sp³-hybridized carbons (Fsp3) is 0.381. The molecule has 6 atom stereocenters. The Kier molecular flexibility index (Phi) is 12.7. The van der Waals surface area contributed by atoms with Gasteiger partial charge in [-0.05, 0) is 95.9 Å². The maximum atomic E-state index is 13.1. The Balaban J connectivity index is 1.08. The molecule has 6 rings (SSSR count). The number of nitrogens with zero attached hydrogens (tertiary/aromatic N) is 2. The Morgan fingerprint density at radius 2 is 1.74 bits per heavy atom. The normalized spacial score (nSPS) is 19.5. The van der Waals surface area contributed by atoms with Crippen LogP contribution in [0.5, 0.6) is 5.75 Å². The Hall–Kier alpha value is -5.14. The van der Waals surface area contributed by atoms with E-state index >= 15 is 0 Å². The third-order valence-corrected chi connectivity index (χ3v) is 10.1. The van der Waals surface area contributed by atoms with Crippen LogP contribution in [0.15, 0.2) is 97.3 Å². The fourth-order valence-corrected chi connectivity index (χ4v) is 7.50. The molecule has 3 aromatic carbocycles. The van der Waals surface area contributed by atoms with Gasteiger partial charge in [0.15, 0.2) is 6.61 Å². The van der Waals surface area contributed by atoms with E-state index in [1.807, 2.05) is 74.5 Å². The van der Waals surface area contributed by atoms with Crippen molar-refractivity contribution in [2.24, 2.45) is 17.6 Å². The van der Waals surface area contributed by atoms with Crippen molar-refractivity contribution in [2.45, 2.75) is 69.9 Å². The van der Waals surface area contributed by atoms with Gasteiger partial charge in [0.25, 0.3) is 5.91 Å². The molecule has 1 fully saturated rings. The number of nitrogens with two attached hydrogens (primary N) is 1. The number of fused-ring (bicyclic) bond motifs is 3. The molecule has 284 valence electrons. The summed E-state index contributed by atoms with van der Waals surface area (Å²) >= 11 is 0. The Morgan fingerprint density at radius 1 is 0.981 bits per heavy atom. The highest BCUT2D eigenvalue weighted by Crippen LogP contribution is 2.48. The van der Waals surface area contributed by atoms with Crippen LogP contribution >= 0.6 is 0 Å². The second-order valence-corrected chi connectivity index (χ2v) is 14.6. The minimum absolute atomic E-state index is 0.00722. The number of pyridine rings is 1. The highest BCUT2D eigenvalue weighted by Gasteiger charge is 2.44. The van der Waals surface area contributed by atoms with E-state index in [2.05, 4.69) is 26.6 Å². The fourth-order valence-electron chi connectivity index (χ4n) is 7.50. The van der Waals surface area contributed by atoms with Crippen molar-refractivity contribution in [3.8, 4) is 16.9 Å². The van der Waals surface area contributed by atoms with Crippen LogP contribution in [0.1, 0.15) is 49.4 Å². The summed E-state index contributed by atoms with van der Waals surface area (Å²) in [6, 6.07) is 24.7. The molecule has 54 heavy (non-hydrogen) atoms. The summed E-state index contributed by atoms with van der Waals surface area (Å²) in [6.45, 7) is 4.81. The average Bonchev–Trinajstić information content (AvgIpc) is 3.60. The first-order valence-corrected chi connectivity index (χ1v) is 18.5. The van der Waals surface area contributed by atoms with Gasteiger partial charge in [0, 0.05) is 42.6 Å². The van der Waals surface area contributed by atoms with E-state index in [4.69, 9.17) is 15.2 Å². The van der Waals surface area contributed by atoms with Gasteiger partial charge < -0.3 is 36.1 Å². The van der Waals surface area contributed by atoms with Crippen molar-refractivity contribution in [1.82, 2.24) is 15.2 Å². The minimum atomic E-state index is -1.56. The summed E-state index contributed by atoms with van der Waals surface area (Å²) in [5.41, 5.74) is 12.1. The number of carbonyl (C=O) groups is 3. The summed E-state index contributed by atoms with van der Waals surface area (Å²) < 4.78 is 10.9. The van der Waals surface area contributed by atoms with Gasteiger partial charge in [-0.3, -0.25) is 14.7 Å². The largest absolute Gasteiger partial charge is 0.452 e. The molecular formula is C42H49N5O7. The van der Waals surface area contributed by atoms with E-state index in [1.165, 1.54) is 5.56 Å². The van der Waals surface area contributed by atoms with Gasteiger partial charge in [-0.2, -0.15) is 0 Å². The third-order valence-electron chi connectivity index (χ3n) is 10.1. The number of anilines is 1. The van der Waals surface area contributed by atoms with Gasteiger partial charge in [-0.15, -0.1) is 0 Å². The summed E-state index contributed by atoms with van der Waals surface area (Å²) in [5.74, 6) is -1.88. The predicted molar refractivity (Wildman–Crippen MR) is 204 cm³/mol. The van der Waals surface area contributed by atoms with Crippen molar-refractivity contribution in [1.29, 1.82) is 0 Å². The maximum absolute atomic E-state index is 13.1. The highest BCUT2D eigenvalue weighted by molar-refractivity contribution is 5.88. The molecule has 0 spiro atoms. The van der Waals surface area contributed by atoms with Crippen LogP contribution < -0.4 is 21.1 Å². The predicted octanol–water partition coefficient (Wildman–Crippen LogP) is 4.01. The molecule has 4 aromatic rings. The molecule has 12 nitrogen and oxygen atoms in total. The highest BCUT2D eigenvalue weighted by atomic mass is 16.6. The topological polar surface area (TPSA) is 176 Å². The summed E-state index contributed by atoms with van der Waals surface area (Å²) in [6.07, 6.45) is 3.51. The molecule has 0 bridgehead atoms. The Labute approximate surface area is 315 Å². The van der Waals surface area contributed by atoms with Gasteiger partial charge in [0.1, 0.15) is 17.9 Å². The number of rotatable bonds is 15. The van der Waals surface area contributed by atoms with Gasteiger partial charge in [0.05, 0.1) is 12.6 Å². The third kappa shape index (κ3) is 9.50. The lowest BCUT2D eigenvalue weighted by atomic mass is 9.82. The Bertz CT molecular complexity index is 1890. The van der Waals surface area contributed by atoms with Crippen LogP contribution in [0.4, 0.5) is 5.69 Å². The minimum Gasteiger partial charge on any atom is -0.452 e. The van der Waals surface area contributed by atoms with Gasteiger partial charge in [-0.25, -0.2) is 9.59 Å². The molecule has 2 aliphatic heterocycles. The quantitative estimate of drug-likeness (QED) is 0.0881. The molecule has 0 radical (unpaired) electrons. The summed E-state index contributed by atoms with van der Waals surface area (Å²) in [7, 11) is 0. The second kappa shape index (κ2) is 17.8. The summed E-state index contributed by atoms with van der Waals surface area (Å²) in [5, 5.41) is 26.9. The van der Waals surface area contributed by atoms with Crippen LogP contribution in [0.25, 0.3) is 11.1 Å². The number of nitrogens with one attached hydrogen (secondary N) is 2. The molecule has 3 heterocycles. The molecule has 0 saturated carbocycles. The number of hydrogen-bond acceptors (Lipinski definition) is 11. The number of aromatic nitrogens is 1. The van der Waals surface area contributed by atoms with Crippen molar-refractivity contribution < 1.29 is 34.1 Å². The number of aliphatic hydroxyl groups is 2. The number of benzene rings is 3. The van der Waals surface area contributed by atoms with Crippen LogP contribution in [-0.2, 0) is 32.1 Å². The molecule has 0 unspecified atom stereocenters. The number of hydrogen-bond donors (Lipinski definition) is 5. The number of carbonyl (C=O) groups excluding carboxylic acids is 3. The first kappa shape index (κ1) is 38.6. The maximum Gasteiger partial charge on any atom is 0.349 e. The summed E-state index contributed by atoms with van der Waals surface area (Å²) in [4.78, 5) is 45.5. The van der Waals surface area contributed by atoms with Crippen LogP contribution in [0.2, 0.25) is 0 Å². The SMILES string of the molecule is CC(C)C[C@H](NC(=O)[C@@H](O)[C@H](N)Cc1ccccc1)C(=O)OCC(=O)Oc1cccc(-c2ccc3c(c2)[C@H]2[C@H](CCN2Cc2ccncc2)[C@@H](CO)N3)c1. The monoisotopic (exact) mass is 735 g/mol. The molecule has 0 aliphatic carbocycles. The molecule has 6 N–H and O–H groups in total. The number of likely N-dealkylation sites (tertiary alicyclic amines) is 1. The molecule has 1 amide bonds. The van der Waals surface area contributed by atoms with Gasteiger partial charge in [-0.1, -0.05) is 62.4 Å². The Morgan fingerprint density at radius 3 is 2.48 bits per heavy atom. The first-order chi connectivity index (χ1) is 26.1. The first-order valence-electron chi connectivity index (χ1n) is 18.5. The molecule has 12 heteroatoms. The van der Waals surface area contributed by atoms with Gasteiger partial charge in [0.2, 0.25) is 0 Å². The van der Waals surface area contributed by atoms with Crippen molar-refractivity contribution in [3.05, 3.63) is 114 Å². The van der Waals surface area contributed by atoms with E-state index < -0.39 is 42.6 Å². The lowest BCUT2D eigenvalue weighted by molar-refractivity contribution is -0.156. The molecule has 1 aromatic heterocycles. The van der Waals surface area contributed by atoms with Crippen LogP contribution in [0.3, 0.4) is 0 Å². The van der Waals surface area contributed by atoms with Crippen molar-refractivity contribution >= 4 is 23.5 Å². The number of aliphatic hydroxyl groups excluding tert-OH is 2. The number of esters is 2. The zero-order valence-corrected chi connectivity index (χ0v) is 30.6. The lowest BCUT2D eigenvalue weighted by Gasteiger charge is -2.39. The lowest BCUT2D eigenvalue weighted by Crippen LogP contribution is -2.52. The average molecular weight is 736 g/mol. The van der Waals surface area contributed by atoms with E-state index in [0.29, 0.717) is 0 Å². The van der Waals surface area contributed by atoms with E-state index in [1.54, 1.807) is 30.6 Å². The number of amides is 1. The zero-order valence-electron chi connectivity index (χ0n) is 30.6. The van der Waals surface area contributed by atoms with E-state index in [9.17, 15) is 24.6 Å². The molecule has 2 aliphatic rings. The van der Waals surface area contributed by atoms with E-state index in [0.717, 1.165) is 47.5 Å². The van der Waals surface area contributed by atoms with Crippen LogP contribution in [-0.4, -0.2) is 81.9 Å². The van der Waals surface area contributed by atoms with Gasteiger partial charge >= 0.3 is 11.9 Å². The molecule has 1 saturated heterocycles. The van der Waals surface area contributed by atoms with Crippen molar-refractivity contribution in [2.75, 3.05) is 25.1 Å². The zero-order chi connectivity index (χ0) is 38.2. The van der Waals surface area contributed by atoms with Crippen LogP contribution in [0, 0.1) is 11.8 Å². The van der Waals surface area contributed by atoms with Crippen molar-refractivity contribution in [3.63, 3.8) is 0 Å².